The first-order chi connectivity index (χ1) is 9.22. The molecule has 1 saturated carbocycles. The quantitative estimate of drug-likeness (QED) is 0.845. The van der Waals surface area contributed by atoms with Gasteiger partial charge in [0.25, 0.3) is 0 Å². The van der Waals surface area contributed by atoms with Crippen molar-refractivity contribution in [2.45, 2.75) is 64.3 Å². The van der Waals surface area contributed by atoms with E-state index in [2.05, 4.69) is 17.1 Å². The van der Waals surface area contributed by atoms with Gasteiger partial charge in [-0.05, 0) is 32.2 Å². The molecule has 1 aliphatic carbocycles. The van der Waals surface area contributed by atoms with Crippen molar-refractivity contribution < 1.29 is 4.79 Å². The number of amides is 1. The normalized spacial score (nSPS) is 25.3. The van der Waals surface area contributed by atoms with Crippen molar-refractivity contribution in [1.82, 2.24) is 10.2 Å². The lowest BCUT2D eigenvalue weighted by atomic mass is 9.84. The van der Waals surface area contributed by atoms with Crippen LogP contribution < -0.4 is 5.32 Å². The zero-order valence-electron chi connectivity index (χ0n) is 13.1. The van der Waals surface area contributed by atoms with Crippen LogP contribution >= 0.6 is 12.4 Å². The highest BCUT2D eigenvalue weighted by molar-refractivity contribution is 5.85. The average molecular weight is 303 g/mol. The van der Waals surface area contributed by atoms with Gasteiger partial charge in [0.15, 0.2) is 0 Å². The third-order valence-electron chi connectivity index (χ3n) is 4.92. The second-order valence-corrected chi connectivity index (χ2v) is 6.53. The van der Waals surface area contributed by atoms with Gasteiger partial charge in [-0.2, -0.15) is 0 Å². The summed E-state index contributed by atoms with van der Waals surface area (Å²) in [5.74, 6) is 1.37. The molecule has 2 aliphatic rings. The lowest BCUT2D eigenvalue weighted by molar-refractivity contribution is -0.136. The van der Waals surface area contributed by atoms with Gasteiger partial charge < -0.3 is 10.2 Å². The van der Waals surface area contributed by atoms with Crippen molar-refractivity contribution in [3.8, 4) is 0 Å². The van der Waals surface area contributed by atoms with Crippen LogP contribution in [-0.2, 0) is 4.79 Å². The monoisotopic (exact) mass is 302 g/mol. The van der Waals surface area contributed by atoms with Crippen LogP contribution in [0.3, 0.4) is 0 Å². The van der Waals surface area contributed by atoms with Crippen LogP contribution in [0.4, 0.5) is 0 Å². The van der Waals surface area contributed by atoms with Gasteiger partial charge in [-0.25, -0.2) is 0 Å². The first kappa shape index (κ1) is 17.8. The van der Waals surface area contributed by atoms with Crippen molar-refractivity contribution in [1.29, 1.82) is 0 Å². The standard InChI is InChI=1S/C16H30N2O.ClH/c1-13(12-17-2)16(19)18-10-6-9-15(18)11-14-7-4-3-5-8-14;/h13-15,17H,3-12H2,1-2H3;1H. The Bertz CT molecular complexity index is 292. The minimum Gasteiger partial charge on any atom is -0.339 e. The molecule has 2 atom stereocenters. The van der Waals surface area contributed by atoms with Gasteiger partial charge in [0.1, 0.15) is 0 Å². The molecule has 4 heteroatoms. The molecule has 1 aliphatic heterocycles. The zero-order chi connectivity index (χ0) is 13.7. The summed E-state index contributed by atoms with van der Waals surface area (Å²) in [4.78, 5) is 14.7. The molecule has 0 spiro atoms. The molecule has 1 saturated heterocycles. The second kappa shape index (κ2) is 8.89. The molecule has 0 aromatic carbocycles. The van der Waals surface area contributed by atoms with Gasteiger partial charge in [-0.3, -0.25) is 4.79 Å². The minimum absolute atomic E-state index is 0. The van der Waals surface area contributed by atoms with Gasteiger partial charge in [0, 0.05) is 25.0 Å². The van der Waals surface area contributed by atoms with Gasteiger partial charge in [0.2, 0.25) is 5.91 Å². The maximum atomic E-state index is 12.5. The summed E-state index contributed by atoms with van der Waals surface area (Å²) >= 11 is 0. The first-order valence-electron chi connectivity index (χ1n) is 8.17. The van der Waals surface area contributed by atoms with Crippen LogP contribution in [0.15, 0.2) is 0 Å². The molecule has 2 rings (SSSR count). The molecule has 0 aromatic heterocycles. The molecule has 118 valence electrons. The number of carbonyl (C=O) groups excluding carboxylic acids is 1. The summed E-state index contributed by atoms with van der Waals surface area (Å²) in [5.41, 5.74) is 0. The summed E-state index contributed by atoms with van der Waals surface area (Å²) in [6.07, 6.45) is 10.7. The largest absolute Gasteiger partial charge is 0.339 e. The number of halogens is 1. The molecule has 1 amide bonds. The van der Waals surface area contributed by atoms with Crippen molar-refractivity contribution in [3.63, 3.8) is 0 Å². The van der Waals surface area contributed by atoms with Crippen LogP contribution in [0, 0.1) is 11.8 Å². The molecular formula is C16H31ClN2O. The average Bonchev–Trinajstić information content (AvgIpc) is 2.87. The minimum atomic E-state index is 0. The van der Waals surface area contributed by atoms with E-state index in [9.17, 15) is 4.79 Å². The Labute approximate surface area is 130 Å². The zero-order valence-corrected chi connectivity index (χ0v) is 13.9. The molecule has 2 unspecified atom stereocenters. The van der Waals surface area contributed by atoms with Crippen LogP contribution in [0.1, 0.15) is 58.3 Å². The molecule has 3 nitrogen and oxygen atoms in total. The Morgan fingerprint density at radius 3 is 2.55 bits per heavy atom. The molecule has 2 fully saturated rings. The van der Waals surface area contributed by atoms with E-state index < -0.39 is 0 Å². The predicted molar refractivity (Wildman–Crippen MR) is 86.3 cm³/mol. The van der Waals surface area contributed by atoms with E-state index in [0.717, 1.165) is 19.0 Å². The smallest absolute Gasteiger partial charge is 0.226 e. The molecule has 0 radical (unpaired) electrons. The van der Waals surface area contributed by atoms with Crippen LogP contribution in [-0.4, -0.2) is 37.0 Å². The number of carbonyl (C=O) groups is 1. The Balaban J connectivity index is 0.00000200. The summed E-state index contributed by atoms with van der Waals surface area (Å²) in [7, 11) is 1.92. The summed E-state index contributed by atoms with van der Waals surface area (Å²) < 4.78 is 0. The number of nitrogens with one attached hydrogen (secondary N) is 1. The SMILES string of the molecule is CNCC(C)C(=O)N1CCCC1CC1CCCCC1.Cl. The Hall–Kier alpha value is -0.280. The maximum Gasteiger partial charge on any atom is 0.226 e. The van der Waals surface area contributed by atoms with Crippen LogP contribution in [0.5, 0.6) is 0 Å². The van der Waals surface area contributed by atoms with Crippen molar-refractivity contribution >= 4 is 18.3 Å². The maximum absolute atomic E-state index is 12.5. The highest BCUT2D eigenvalue weighted by Crippen LogP contribution is 2.32. The Kier molecular flexibility index (Phi) is 7.90. The van der Waals surface area contributed by atoms with Crippen molar-refractivity contribution in [2.24, 2.45) is 11.8 Å². The first-order valence-corrected chi connectivity index (χ1v) is 8.17. The van der Waals surface area contributed by atoms with Gasteiger partial charge >= 0.3 is 0 Å². The van der Waals surface area contributed by atoms with E-state index in [4.69, 9.17) is 0 Å². The van der Waals surface area contributed by atoms with E-state index in [1.807, 2.05) is 7.05 Å². The fourth-order valence-corrected chi connectivity index (χ4v) is 3.86. The van der Waals surface area contributed by atoms with E-state index in [-0.39, 0.29) is 18.3 Å². The molecular weight excluding hydrogens is 272 g/mol. The number of hydrogen-bond donors (Lipinski definition) is 1. The third kappa shape index (κ3) is 4.63. The van der Waals surface area contributed by atoms with E-state index >= 15 is 0 Å². The molecule has 20 heavy (non-hydrogen) atoms. The Morgan fingerprint density at radius 2 is 1.90 bits per heavy atom. The van der Waals surface area contributed by atoms with Gasteiger partial charge in [0.05, 0.1) is 0 Å². The van der Waals surface area contributed by atoms with E-state index in [1.165, 1.54) is 51.4 Å². The Morgan fingerprint density at radius 1 is 1.20 bits per heavy atom. The fourth-order valence-electron chi connectivity index (χ4n) is 3.86. The van der Waals surface area contributed by atoms with Gasteiger partial charge in [-0.1, -0.05) is 39.0 Å². The summed E-state index contributed by atoms with van der Waals surface area (Å²) in [6, 6.07) is 0.537. The number of hydrogen-bond acceptors (Lipinski definition) is 2. The van der Waals surface area contributed by atoms with Gasteiger partial charge in [-0.15, -0.1) is 12.4 Å². The molecule has 0 aromatic rings. The van der Waals surface area contributed by atoms with Crippen molar-refractivity contribution in [2.75, 3.05) is 20.1 Å². The van der Waals surface area contributed by atoms with Crippen LogP contribution in [0.25, 0.3) is 0 Å². The number of likely N-dealkylation sites (tertiary alicyclic amines) is 1. The molecule has 0 bridgehead atoms. The number of nitrogens with zero attached hydrogens (tertiary/aromatic N) is 1. The molecule has 1 N–H and O–H groups in total. The van der Waals surface area contributed by atoms with E-state index in [1.54, 1.807) is 0 Å². The lowest BCUT2D eigenvalue weighted by Crippen LogP contribution is -2.42. The fraction of sp³-hybridized carbons (Fsp3) is 0.938. The second-order valence-electron chi connectivity index (χ2n) is 6.53. The van der Waals surface area contributed by atoms with Crippen LogP contribution in [0.2, 0.25) is 0 Å². The van der Waals surface area contributed by atoms with E-state index in [0.29, 0.717) is 11.9 Å². The summed E-state index contributed by atoms with van der Waals surface area (Å²) in [6.45, 7) is 3.84. The highest BCUT2D eigenvalue weighted by atomic mass is 35.5. The highest BCUT2D eigenvalue weighted by Gasteiger charge is 2.32. The predicted octanol–water partition coefficient (Wildman–Crippen LogP) is 3.23. The number of rotatable bonds is 5. The molecule has 1 heterocycles. The summed E-state index contributed by atoms with van der Waals surface area (Å²) in [5, 5.41) is 3.12. The lowest BCUT2D eigenvalue weighted by Gasteiger charge is -2.31. The topological polar surface area (TPSA) is 32.3 Å². The third-order valence-corrected chi connectivity index (χ3v) is 4.92. The van der Waals surface area contributed by atoms with Crippen molar-refractivity contribution in [3.05, 3.63) is 0 Å².